The third kappa shape index (κ3) is 8.28. The zero-order chi connectivity index (χ0) is 25.2. The minimum atomic E-state index is 0. The van der Waals surface area contributed by atoms with Gasteiger partial charge in [0.1, 0.15) is 0 Å². The molecule has 6 rings (SSSR count). The molecule has 0 aromatic heterocycles. The predicted octanol–water partition coefficient (Wildman–Crippen LogP) is 2.40. The minimum absolute atomic E-state index is 0. The second-order valence-corrected chi connectivity index (χ2v) is 10.0. The van der Waals surface area contributed by atoms with E-state index in [9.17, 15) is 0 Å². The van der Waals surface area contributed by atoms with E-state index in [2.05, 4.69) is 135 Å². The van der Waals surface area contributed by atoms with Gasteiger partial charge in [0.25, 0.3) is 0 Å². The van der Waals surface area contributed by atoms with Gasteiger partial charge in [-0.2, -0.15) is 59.2 Å². The third-order valence-corrected chi connectivity index (χ3v) is 7.93. The molecule has 0 nitrogen and oxygen atoms in total. The zero-order valence-electron chi connectivity index (χ0n) is 21.9. The van der Waals surface area contributed by atoms with Gasteiger partial charge >= 0.3 is 99.2 Å². The summed E-state index contributed by atoms with van der Waals surface area (Å²) in [6.45, 7) is 4.41. The van der Waals surface area contributed by atoms with Crippen molar-refractivity contribution in [1.29, 1.82) is 0 Å². The summed E-state index contributed by atoms with van der Waals surface area (Å²) in [5.41, 5.74) is 11.2. The monoisotopic (exact) mass is 612 g/mol. The van der Waals surface area contributed by atoms with Crippen LogP contribution >= 0.6 is 0 Å². The second-order valence-electron chi connectivity index (χ2n) is 8.79. The Kier molecular flexibility index (Phi) is 13.8. The number of rotatable bonds is 4. The van der Waals surface area contributed by atoms with E-state index in [4.69, 9.17) is 0 Å². The summed E-state index contributed by atoms with van der Waals surface area (Å²) in [5, 5.41) is 0. The normalized spacial score (nSPS) is 10.2. The van der Waals surface area contributed by atoms with E-state index >= 15 is 0 Å². The van der Waals surface area contributed by atoms with Gasteiger partial charge in [0.15, 0.2) is 0 Å². The first kappa shape index (κ1) is 31.8. The van der Waals surface area contributed by atoms with Gasteiger partial charge in [-0.1, -0.05) is 62.1 Å². The van der Waals surface area contributed by atoms with Crippen LogP contribution in [0.15, 0.2) is 121 Å². The Labute approximate surface area is 255 Å². The molecule has 0 N–H and O–H groups in total. The van der Waals surface area contributed by atoms with E-state index in [1.54, 1.807) is 0 Å². The number of aryl methyl sites for hydroxylation is 2. The molecule has 3 heteroatoms. The summed E-state index contributed by atoms with van der Waals surface area (Å²) in [5.74, 6) is 0. The Hall–Kier alpha value is -2.44. The fourth-order valence-electron chi connectivity index (χ4n) is 4.56. The Bertz CT molecular complexity index is 1280. The predicted molar refractivity (Wildman–Crippen MR) is 150 cm³/mol. The largest absolute Gasteiger partial charge is 0.179 e. The van der Waals surface area contributed by atoms with Crippen LogP contribution in [0.1, 0.15) is 47.2 Å². The van der Waals surface area contributed by atoms with E-state index in [1.165, 1.54) is 84.8 Å². The zero-order valence-corrected chi connectivity index (χ0v) is 25.9. The summed E-state index contributed by atoms with van der Waals surface area (Å²) in [4.78, 5) is 0. The molecule has 0 fully saturated rings. The molecule has 0 saturated carbocycles. The molecule has 0 amide bonds. The van der Waals surface area contributed by atoms with Gasteiger partial charge in [0.2, 0.25) is 0 Å². The molecule has 5 aromatic carbocycles. The molecule has 192 valence electrons. The van der Waals surface area contributed by atoms with Crippen molar-refractivity contribution < 1.29 is 49.0 Å². The van der Waals surface area contributed by atoms with Crippen LogP contribution in [0, 0.1) is 6.07 Å². The van der Waals surface area contributed by atoms with Crippen molar-refractivity contribution in [1.82, 2.24) is 0 Å². The molecule has 0 bridgehead atoms. The van der Waals surface area contributed by atoms with Gasteiger partial charge in [-0.05, 0) is 6.42 Å². The van der Waals surface area contributed by atoms with Crippen LogP contribution in [0.4, 0.5) is 0 Å². The van der Waals surface area contributed by atoms with E-state index in [-0.39, 0.29) is 24.8 Å². The molecule has 0 atom stereocenters. The maximum Gasteiger partial charge on any atom is -0.0253 e. The smallest absolute Gasteiger partial charge is 0.0253 e. The fraction of sp³-hybridized carbons (Fsp3) is 0.143. The van der Waals surface area contributed by atoms with Gasteiger partial charge in [0.05, 0.1) is 0 Å². The molecule has 5 aromatic rings. The average molecular weight is 615 g/mol. The Morgan fingerprint density at radius 3 is 1.74 bits per heavy atom. The van der Waals surface area contributed by atoms with E-state index in [1.807, 2.05) is 6.07 Å². The van der Waals surface area contributed by atoms with Gasteiger partial charge in [-0.3, -0.25) is 0 Å². The van der Waals surface area contributed by atoms with Crippen molar-refractivity contribution in [3.05, 3.63) is 161 Å². The van der Waals surface area contributed by atoms with Gasteiger partial charge in [-0.15, -0.1) is 5.56 Å². The van der Waals surface area contributed by atoms with Crippen molar-refractivity contribution >= 4 is 3.21 Å². The fourth-order valence-corrected chi connectivity index (χ4v) is 5.38. The molecule has 0 aliphatic heterocycles. The van der Waals surface area contributed by atoms with E-state index < -0.39 is 0 Å². The van der Waals surface area contributed by atoms with Gasteiger partial charge < -0.3 is 24.8 Å². The van der Waals surface area contributed by atoms with Crippen molar-refractivity contribution in [2.75, 3.05) is 0 Å². The molecule has 1 aliphatic rings. The van der Waals surface area contributed by atoms with Crippen molar-refractivity contribution in [2.45, 2.75) is 33.1 Å². The first-order valence-electron chi connectivity index (χ1n) is 12.7. The van der Waals surface area contributed by atoms with Crippen LogP contribution < -0.4 is 24.8 Å². The number of halogens is 2. The summed E-state index contributed by atoms with van der Waals surface area (Å²) >= 11 is 1.46. The molecular weight excluding hydrogens is 583 g/mol. The summed E-state index contributed by atoms with van der Waals surface area (Å²) in [7, 11) is 0. The molecule has 0 saturated heterocycles. The minimum Gasteiger partial charge on any atom is -0.179 e. The van der Waals surface area contributed by atoms with E-state index in [0.717, 1.165) is 6.42 Å². The Morgan fingerprint density at radius 1 is 0.684 bits per heavy atom. The number of hydrogen-bond donors (Lipinski definition) is 0. The number of fused-ring (bicyclic) bond motifs is 3. The summed E-state index contributed by atoms with van der Waals surface area (Å²) in [6.07, 6.45) is 3.40. The quantitative estimate of drug-likeness (QED) is 0.268. The SMILES string of the molecule is CCc1c[cH-]cc1CC.[Cl-].[Cl-].[Zr+2]=[C](c1ccccc1)c1ccccc1.[c-]1cccc2c1Cc1ccccc1-2. The molecule has 38 heavy (non-hydrogen) atoms. The maximum absolute atomic E-state index is 3.30. The molecule has 1 aliphatic carbocycles. The van der Waals surface area contributed by atoms with Crippen LogP contribution in [-0.2, 0) is 43.5 Å². The topological polar surface area (TPSA) is 0 Å². The standard InChI is InChI=1S/C13H9.C13H10.C9H13.2ClH.Zr/c1-3-7-12-10(5-1)9-11-6-2-4-8-13(11)12;1-3-7-12(8-4-1)11-13-9-5-2-6-10-13;1-3-8-6-5-7-9(8)4-2;;;/h1-5,7-8H,9H2;1-10H;5-7H,3-4H2,1-2H3;2*1H;/q-1;;-1;;;+2/p-2. The number of benzene rings is 4. The summed E-state index contributed by atoms with van der Waals surface area (Å²) < 4.78 is 1.42. The molecule has 0 spiro atoms. The molecular formula is C35H32Cl2Zr-2. The molecule has 0 heterocycles. The first-order valence-corrected chi connectivity index (χ1v) is 13.9. The van der Waals surface area contributed by atoms with Crippen LogP contribution in [0.5, 0.6) is 0 Å². The van der Waals surface area contributed by atoms with Crippen molar-refractivity contribution in [2.24, 2.45) is 0 Å². The van der Waals surface area contributed by atoms with E-state index in [0.29, 0.717) is 0 Å². The second kappa shape index (κ2) is 16.5. The third-order valence-electron chi connectivity index (χ3n) is 6.51. The van der Waals surface area contributed by atoms with Crippen LogP contribution in [0.2, 0.25) is 0 Å². The summed E-state index contributed by atoms with van der Waals surface area (Å²) in [6, 6.07) is 45.8. The van der Waals surface area contributed by atoms with Crippen molar-refractivity contribution in [3.8, 4) is 11.1 Å². The molecule has 0 unspecified atom stereocenters. The molecule has 0 radical (unpaired) electrons. The Balaban J connectivity index is 0.000000200. The maximum atomic E-state index is 3.30. The van der Waals surface area contributed by atoms with Gasteiger partial charge in [-0.25, -0.2) is 0 Å². The van der Waals surface area contributed by atoms with Crippen molar-refractivity contribution in [3.63, 3.8) is 0 Å². The van der Waals surface area contributed by atoms with Gasteiger partial charge in [0, 0.05) is 0 Å². The Morgan fingerprint density at radius 2 is 1.18 bits per heavy atom. The average Bonchev–Trinajstić information content (AvgIpc) is 3.58. The first-order chi connectivity index (χ1) is 17.7. The van der Waals surface area contributed by atoms with Crippen LogP contribution in [0.3, 0.4) is 0 Å². The van der Waals surface area contributed by atoms with Crippen LogP contribution in [0.25, 0.3) is 11.1 Å². The van der Waals surface area contributed by atoms with Crippen LogP contribution in [-0.4, -0.2) is 3.21 Å². The number of hydrogen-bond acceptors (Lipinski definition) is 0.